The van der Waals surface area contributed by atoms with Crippen LogP contribution in [0, 0.1) is 28.4 Å². The summed E-state index contributed by atoms with van der Waals surface area (Å²) in [6.45, 7) is 9.42. The Balaban J connectivity index is 1.70. The highest BCUT2D eigenvalue weighted by Crippen LogP contribution is 2.59. The topological polar surface area (TPSA) is 110 Å². The van der Waals surface area contributed by atoms with Crippen LogP contribution in [0.1, 0.15) is 54.7 Å². The molecule has 4 atom stereocenters. The zero-order chi connectivity index (χ0) is 29.4. The summed E-state index contributed by atoms with van der Waals surface area (Å²) in [7, 11) is 0. The molecular weight excluding hydrogens is 518 g/mol. The maximum Gasteiger partial charge on any atom is 0.270 e. The SMILES string of the molecule is CC1=C[C@@H]2N(c3ccc(C)cc31)[C@H](C(=O)C(C)(C)C)[C@@H](C(=O)c1cccc([N+](=O)[O-])c1)[C@]21C(=O)Nc2ccccc21. The molecule has 3 aromatic rings. The lowest BCUT2D eigenvalue weighted by molar-refractivity contribution is -0.384. The minimum absolute atomic E-state index is 0.0946. The second kappa shape index (κ2) is 8.96. The van der Waals surface area contributed by atoms with Gasteiger partial charge in [0.15, 0.2) is 11.6 Å². The Kier molecular flexibility index (Phi) is 5.82. The van der Waals surface area contributed by atoms with E-state index in [1.54, 1.807) is 6.07 Å². The van der Waals surface area contributed by atoms with Crippen molar-refractivity contribution in [3.63, 3.8) is 0 Å². The molecule has 1 fully saturated rings. The number of amides is 1. The summed E-state index contributed by atoms with van der Waals surface area (Å²) < 4.78 is 0. The molecule has 6 rings (SSSR count). The molecule has 1 saturated heterocycles. The Morgan fingerprint density at radius 2 is 1.73 bits per heavy atom. The van der Waals surface area contributed by atoms with E-state index in [9.17, 15) is 24.5 Å². The highest BCUT2D eigenvalue weighted by molar-refractivity contribution is 6.17. The molecule has 8 nitrogen and oxygen atoms in total. The minimum Gasteiger partial charge on any atom is -0.352 e. The fourth-order valence-corrected chi connectivity index (χ4v) is 6.94. The van der Waals surface area contributed by atoms with Crippen molar-refractivity contribution in [3.05, 3.63) is 105 Å². The number of carbonyl (C=O) groups excluding carboxylic acids is 3. The number of benzene rings is 3. The van der Waals surface area contributed by atoms with E-state index in [1.807, 2.05) is 75.9 Å². The maximum absolute atomic E-state index is 14.8. The average molecular weight is 550 g/mol. The smallest absolute Gasteiger partial charge is 0.270 e. The first-order valence-corrected chi connectivity index (χ1v) is 13.7. The number of fused-ring (bicyclic) bond motifs is 6. The molecular formula is C33H31N3O5. The van der Waals surface area contributed by atoms with Crippen LogP contribution in [0.4, 0.5) is 17.1 Å². The normalized spacial score (nSPS) is 24.3. The molecule has 0 radical (unpaired) electrons. The maximum atomic E-state index is 14.8. The molecule has 1 N–H and O–H groups in total. The molecule has 41 heavy (non-hydrogen) atoms. The van der Waals surface area contributed by atoms with Crippen LogP contribution in [0.15, 0.2) is 72.8 Å². The zero-order valence-corrected chi connectivity index (χ0v) is 23.6. The van der Waals surface area contributed by atoms with Crippen LogP contribution in [0.2, 0.25) is 0 Å². The van der Waals surface area contributed by atoms with E-state index >= 15 is 0 Å². The van der Waals surface area contributed by atoms with Crippen molar-refractivity contribution < 1.29 is 19.3 Å². The molecule has 8 heteroatoms. The monoisotopic (exact) mass is 549 g/mol. The number of hydrogen-bond donors (Lipinski definition) is 1. The number of nitrogens with zero attached hydrogens (tertiary/aromatic N) is 2. The van der Waals surface area contributed by atoms with Gasteiger partial charge >= 0.3 is 0 Å². The van der Waals surface area contributed by atoms with Gasteiger partial charge in [0.2, 0.25) is 5.91 Å². The Morgan fingerprint density at radius 1 is 1.00 bits per heavy atom. The lowest BCUT2D eigenvalue weighted by Crippen LogP contribution is -2.51. The molecule has 3 heterocycles. The summed E-state index contributed by atoms with van der Waals surface area (Å²) >= 11 is 0. The van der Waals surface area contributed by atoms with Crippen molar-refractivity contribution in [3.8, 4) is 0 Å². The first-order chi connectivity index (χ1) is 19.4. The Bertz CT molecular complexity index is 1700. The third-order valence-corrected chi connectivity index (χ3v) is 8.76. The number of nitro groups is 1. The highest BCUT2D eigenvalue weighted by atomic mass is 16.6. The predicted molar refractivity (Wildman–Crippen MR) is 157 cm³/mol. The lowest BCUT2D eigenvalue weighted by atomic mass is 9.63. The van der Waals surface area contributed by atoms with Gasteiger partial charge in [-0.25, -0.2) is 0 Å². The van der Waals surface area contributed by atoms with Gasteiger partial charge in [0, 0.05) is 40.0 Å². The number of para-hydroxylation sites is 1. The summed E-state index contributed by atoms with van der Waals surface area (Å²) in [4.78, 5) is 56.7. The van der Waals surface area contributed by atoms with Crippen LogP contribution in [-0.2, 0) is 15.0 Å². The summed E-state index contributed by atoms with van der Waals surface area (Å²) in [5.41, 5.74) is 2.54. The van der Waals surface area contributed by atoms with Crippen LogP contribution >= 0.6 is 0 Å². The van der Waals surface area contributed by atoms with Crippen LogP contribution in [0.25, 0.3) is 5.57 Å². The fraction of sp³-hybridized carbons (Fsp3) is 0.303. The highest BCUT2D eigenvalue weighted by Gasteiger charge is 2.71. The molecule has 0 aromatic heterocycles. The number of hydrogen-bond acceptors (Lipinski definition) is 6. The molecule has 3 aromatic carbocycles. The molecule has 0 aliphatic carbocycles. The minimum atomic E-state index is -1.45. The van der Waals surface area contributed by atoms with Crippen molar-refractivity contribution in [1.82, 2.24) is 0 Å². The van der Waals surface area contributed by atoms with E-state index in [0.29, 0.717) is 11.3 Å². The second-order valence-electron chi connectivity index (χ2n) is 12.3. The van der Waals surface area contributed by atoms with Gasteiger partial charge in [-0.15, -0.1) is 0 Å². The molecule has 208 valence electrons. The average Bonchev–Trinajstić information content (AvgIpc) is 3.39. The molecule has 3 aliphatic rings. The Labute approximate surface area is 238 Å². The van der Waals surface area contributed by atoms with Gasteiger partial charge in [-0.1, -0.05) is 68.8 Å². The van der Waals surface area contributed by atoms with Gasteiger partial charge in [-0.3, -0.25) is 24.5 Å². The van der Waals surface area contributed by atoms with E-state index in [-0.39, 0.29) is 22.9 Å². The molecule has 1 amide bonds. The van der Waals surface area contributed by atoms with Crippen molar-refractivity contribution in [2.45, 2.75) is 52.1 Å². The summed E-state index contributed by atoms with van der Waals surface area (Å²) in [6, 6.07) is 17.2. The summed E-state index contributed by atoms with van der Waals surface area (Å²) in [5, 5.41) is 14.6. The van der Waals surface area contributed by atoms with Gasteiger partial charge in [0.1, 0.15) is 11.5 Å². The molecule has 3 aliphatic heterocycles. The number of nitrogens with one attached hydrogen (secondary N) is 1. The molecule has 0 unspecified atom stereocenters. The third-order valence-electron chi connectivity index (χ3n) is 8.76. The fourth-order valence-electron chi connectivity index (χ4n) is 6.94. The second-order valence-corrected chi connectivity index (χ2v) is 12.3. The van der Waals surface area contributed by atoms with Crippen LogP contribution in [0.3, 0.4) is 0 Å². The predicted octanol–water partition coefficient (Wildman–Crippen LogP) is 5.88. The quantitative estimate of drug-likeness (QED) is 0.247. The number of ketones is 2. The lowest BCUT2D eigenvalue weighted by Gasteiger charge is -2.40. The number of allylic oxidation sites excluding steroid dienone is 1. The van der Waals surface area contributed by atoms with Crippen molar-refractivity contribution in [2.75, 3.05) is 10.2 Å². The Hall–Kier alpha value is -4.59. The van der Waals surface area contributed by atoms with Gasteiger partial charge in [0.05, 0.1) is 16.9 Å². The molecule has 0 saturated carbocycles. The number of Topliss-reactive ketones (excluding diaryl/α,β-unsaturated/α-hetero) is 2. The van der Waals surface area contributed by atoms with E-state index in [2.05, 4.69) is 11.4 Å². The number of non-ortho nitro benzene ring substituents is 1. The van der Waals surface area contributed by atoms with Crippen LogP contribution < -0.4 is 10.2 Å². The van der Waals surface area contributed by atoms with Gasteiger partial charge < -0.3 is 10.2 Å². The molecule has 0 bridgehead atoms. The van der Waals surface area contributed by atoms with Crippen LogP contribution in [-0.4, -0.2) is 34.5 Å². The third kappa shape index (κ3) is 3.70. The number of rotatable bonds is 4. The molecule has 1 spiro atoms. The number of nitro benzene ring substituents is 1. The van der Waals surface area contributed by atoms with Crippen LogP contribution in [0.5, 0.6) is 0 Å². The zero-order valence-electron chi connectivity index (χ0n) is 23.6. The number of anilines is 2. The van der Waals surface area contributed by atoms with E-state index in [1.165, 1.54) is 24.3 Å². The largest absolute Gasteiger partial charge is 0.352 e. The standard InChI is InChI=1S/C33H31N3O5/c1-18-13-14-25-22(15-18)19(2)16-26-33(23-11-6-7-12-24(23)34-31(33)39)27(28(35(25)26)30(38)32(3,4)5)29(37)20-9-8-10-21(17-20)36(40)41/h6-17,26-28H,1-5H3,(H,34,39)/t26-,27-,28-,33+/m0/s1. The van der Waals surface area contributed by atoms with Gasteiger partial charge in [-0.2, -0.15) is 0 Å². The number of aryl methyl sites for hydroxylation is 1. The summed E-state index contributed by atoms with van der Waals surface area (Å²) in [6.07, 6.45) is 2.01. The van der Waals surface area contributed by atoms with E-state index < -0.39 is 39.5 Å². The van der Waals surface area contributed by atoms with Gasteiger partial charge in [0.25, 0.3) is 5.69 Å². The van der Waals surface area contributed by atoms with E-state index in [4.69, 9.17) is 0 Å². The van der Waals surface area contributed by atoms with Crippen molar-refractivity contribution in [2.24, 2.45) is 11.3 Å². The summed E-state index contributed by atoms with van der Waals surface area (Å²) in [5.74, 6) is -2.17. The first kappa shape index (κ1) is 26.6. The first-order valence-electron chi connectivity index (χ1n) is 13.7. The van der Waals surface area contributed by atoms with Crippen molar-refractivity contribution >= 4 is 40.1 Å². The van der Waals surface area contributed by atoms with Crippen molar-refractivity contribution in [1.29, 1.82) is 0 Å². The van der Waals surface area contributed by atoms with Gasteiger partial charge in [-0.05, 0) is 43.2 Å². The number of carbonyl (C=O) groups is 3. The Morgan fingerprint density at radius 3 is 2.44 bits per heavy atom. The van der Waals surface area contributed by atoms with E-state index in [0.717, 1.165) is 22.4 Å².